The molecule has 1 fully saturated rings. The van der Waals surface area contributed by atoms with Gasteiger partial charge < -0.3 is 15.2 Å². The Morgan fingerprint density at radius 2 is 2.00 bits per heavy atom. The summed E-state index contributed by atoms with van der Waals surface area (Å²) >= 11 is 0. The van der Waals surface area contributed by atoms with Crippen molar-refractivity contribution >= 4 is 0 Å². The minimum absolute atomic E-state index is 0.220. The van der Waals surface area contributed by atoms with Gasteiger partial charge in [0.1, 0.15) is 6.79 Å². The SMILES string of the molecule is CC(N)Cc1ccc(CC2COCO2)cc1. The van der Waals surface area contributed by atoms with Gasteiger partial charge in [0.2, 0.25) is 0 Å². The number of nitrogens with two attached hydrogens (primary N) is 1. The molecule has 0 aliphatic carbocycles. The molecule has 0 aromatic heterocycles. The van der Waals surface area contributed by atoms with E-state index in [0.29, 0.717) is 13.4 Å². The van der Waals surface area contributed by atoms with E-state index < -0.39 is 0 Å². The lowest BCUT2D eigenvalue weighted by molar-refractivity contribution is 0.0470. The molecule has 2 atom stereocenters. The standard InChI is InChI=1S/C13H19NO2/c1-10(14)6-11-2-4-12(5-3-11)7-13-8-15-9-16-13/h2-5,10,13H,6-9,14H2,1H3. The maximum atomic E-state index is 5.76. The largest absolute Gasteiger partial charge is 0.353 e. The van der Waals surface area contributed by atoms with Gasteiger partial charge >= 0.3 is 0 Å². The van der Waals surface area contributed by atoms with Crippen molar-refractivity contribution in [2.45, 2.75) is 31.9 Å². The lowest BCUT2D eigenvalue weighted by atomic mass is 10.0. The van der Waals surface area contributed by atoms with Crippen LogP contribution in [0.2, 0.25) is 0 Å². The van der Waals surface area contributed by atoms with Crippen LogP contribution in [0.1, 0.15) is 18.1 Å². The molecule has 3 heteroatoms. The van der Waals surface area contributed by atoms with Gasteiger partial charge in [0.05, 0.1) is 12.7 Å². The van der Waals surface area contributed by atoms with Crippen LogP contribution in [-0.4, -0.2) is 25.5 Å². The predicted molar refractivity (Wildman–Crippen MR) is 63.2 cm³/mol. The Bertz CT molecular complexity index is 315. The maximum Gasteiger partial charge on any atom is 0.147 e. The van der Waals surface area contributed by atoms with Crippen LogP contribution in [0, 0.1) is 0 Å². The zero-order chi connectivity index (χ0) is 11.4. The molecule has 1 aromatic carbocycles. The number of hydrogen-bond donors (Lipinski definition) is 1. The molecule has 88 valence electrons. The first kappa shape index (κ1) is 11.6. The molecule has 1 heterocycles. The molecule has 2 unspecified atom stereocenters. The monoisotopic (exact) mass is 221 g/mol. The summed E-state index contributed by atoms with van der Waals surface area (Å²) in [4.78, 5) is 0. The van der Waals surface area contributed by atoms with E-state index in [4.69, 9.17) is 15.2 Å². The van der Waals surface area contributed by atoms with Gasteiger partial charge in [-0.1, -0.05) is 24.3 Å². The van der Waals surface area contributed by atoms with Gasteiger partial charge in [-0.05, 0) is 24.5 Å². The third-order valence-electron chi connectivity index (χ3n) is 2.73. The lowest BCUT2D eigenvalue weighted by Crippen LogP contribution is -2.17. The molecule has 1 aromatic rings. The highest BCUT2D eigenvalue weighted by Gasteiger charge is 2.16. The van der Waals surface area contributed by atoms with Crippen LogP contribution < -0.4 is 5.73 Å². The Labute approximate surface area is 96.5 Å². The summed E-state index contributed by atoms with van der Waals surface area (Å²) in [6, 6.07) is 8.82. The molecular weight excluding hydrogens is 202 g/mol. The Hall–Kier alpha value is -0.900. The smallest absolute Gasteiger partial charge is 0.147 e. The molecule has 1 aliphatic heterocycles. The minimum Gasteiger partial charge on any atom is -0.353 e. The fraction of sp³-hybridized carbons (Fsp3) is 0.538. The van der Waals surface area contributed by atoms with E-state index in [1.54, 1.807) is 0 Å². The molecule has 0 spiro atoms. The summed E-state index contributed by atoms with van der Waals surface area (Å²) < 4.78 is 10.6. The first-order valence-corrected chi connectivity index (χ1v) is 5.77. The van der Waals surface area contributed by atoms with Crippen LogP contribution in [0.4, 0.5) is 0 Å². The summed E-state index contributed by atoms with van der Waals surface area (Å²) in [5.41, 5.74) is 8.35. The molecule has 2 rings (SSSR count). The van der Waals surface area contributed by atoms with Gasteiger partial charge in [-0.2, -0.15) is 0 Å². The van der Waals surface area contributed by atoms with Gasteiger partial charge in [0.25, 0.3) is 0 Å². The molecule has 3 nitrogen and oxygen atoms in total. The molecular formula is C13H19NO2. The first-order valence-electron chi connectivity index (χ1n) is 5.77. The fourth-order valence-corrected chi connectivity index (χ4v) is 1.94. The minimum atomic E-state index is 0.220. The van der Waals surface area contributed by atoms with Crippen LogP contribution in [0.15, 0.2) is 24.3 Å². The summed E-state index contributed by atoms with van der Waals surface area (Å²) in [5.74, 6) is 0. The van der Waals surface area contributed by atoms with Gasteiger partial charge in [0, 0.05) is 12.5 Å². The molecule has 16 heavy (non-hydrogen) atoms. The summed E-state index contributed by atoms with van der Waals surface area (Å²) in [5, 5.41) is 0. The molecule has 0 amide bonds. The van der Waals surface area contributed by atoms with Gasteiger partial charge in [-0.25, -0.2) is 0 Å². The third-order valence-corrected chi connectivity index (χ3v) is 2.73. The van der Waals surface area contributed by atoms with E-state index in [9.17, 15) is 0 Å². The van der Waals surface area contributed by atoms with Crippen LogP contribution in [0.25, 0.3) is 0 Å². The molecule has 1 saturated heterocycles. The van der Waals surface area contributed by atoms with Crippen LogP contribution in [0.5, 0.6) is 0 Å². The number of hydrogen-bond acceptors (Lipinski definition) is 3. The zero-order valence-electron chi connectivity index (χ0n) is 9.69. The van der Waals surface area contributed by atoms with Gasteiger partial charge in [-0.3, -0.25) is 0 Å². The predicted octanol–water partition coefficient (Wildman–Crippen LogP) is 1.49. The third kappa shape index (κ3) is 3.30. The van der Waals surface area contributed by atoms with Crippen LogP contribution in [0.3, 0.4) is 0 Å². The van der Waals surface area contributed by atoms with Crippen molar-refractivity contribution in [3.8, 4) is 0 Å². The second-order valence-corrected chi connectivity index (χ2v) is 4.48. The topological polar surface area (TPSA) is 44.5 Å². The highest BCUT2D eigenvalue weighted by Crippen LogP contribution is 2.12. The molecule has 0 saturated carbocycles. The zero-order valence-corrected chi connectivity index (χ0v) is 9.69. The van der Waals surface area contributed by atoms with Crippen molar-refractivity contribution in [2.24, 2.45) is 5.73 Å². The van der Waals surface area contributed by atoms with E-state index in [2.05, 4.69) is 24.3 Å². The summed E-state index contributed by atoms with van der Waals surface area (Å²) in [6.45, 7) is 3.17. The van der Waals surface area contributed by atoms with Crippen LogP contribution in [-0.2, 0) is 22.3 Å². The fourth-order valence-electron chi connectivity index (χ4n) is 1.94. The number of ether oxygens (including phenoxy) is 2. The Kier molecular flexibility index (Phi) is 3.93. The average molecular weight is 221 g/mol. The molecule has 0 bridgehead atoms. The Balaban J connectivity index is 1.90. The highest BCUT2D eigenvalue weighted by atomic mass is 16.7. The van der Waals surface area contributed by atoms with Gasteiger partial charge in [-0.15, -0.1) is 0 Å². The van der Waals surface area contributed by atoms with E-state index in [1.807, 2.05) is 6.92 Å². The van der Waals surface area contributed by atoms with Crippen molar-refractivity contribution < 1.29 is 9.47 Å². The second kappa shape index (κ2) is 5.43. The average Bonchev–Trinajstić information content (AvgIpc) is 2.73. The lowest BCUT2D eigenvalue weighted by Gasteiger charge is -2.09. The van der Waals surface area contributed by atoms with Crippen LogP contribution >= 0.6 is 0 Å². The number of benzene rings is 1. The molecule has 1 aliphatic rings. The van der Waals surface area contributed by atoms with Crippen molar-refractivity contribution in [3.05, 3.63) is 35.4 Å². The number of rotatable bonds is 4. The van der Waals surface area contributed by atoms with E-state index in [-0.39, 0.29) is 12.1 Å². The second-order valence-electron chi connectivity index (χ2n) is 4.48. The van der Waals surface area contributed by atoms with E-state index in [1.165, 1.54) is 11.1 Å². The van der Waals surface area contributed by atoms with E-state index in [0.717, 1.165) is 12.8 Å². The van der Waals surface area contributed by atoms with Crippen molar-refractivity contribution in [1.29, 1.82) is 0 Å². The Morgan fingerprint density at radius 3 is 2.56 bits per heavy atom. The van der Waals surface area contributed by atoms with Gasteiger partial charge in [0.15, 0.2) is 0 Å². The molecule has 2 N–H and O–H groups in total. The van der Waals surface area contributed by atoms with E-state index >= 15 is 0 Å². The molecule has 0 radical (unpaired) electrons. The Morgan fingerprint density at radius 1 is 1.31 bits per heavy atom. The van der Waals surface area contributed by atoms with Crippen molar-refractivity contribution in [1.82, 2.24) is 0 Å². The first-order chi connectivity index (χ1) is 7.74. The van der Waals surface area contributed by atoms with Crippen molar-refractivity contribution in [3.63, 3.8) is 0 Å². The van der Waals surface area contributed by atoms with Crippen molar-refractivity contribution in [2.75, 3.05) is 13.4 Å². The quantitative estimate of drug-likeness (QED) is 0.837. The maximum absolute atomic E-state index is 5.76. The highest BCUT2D eigenvalue weighted by molar-refractivity contribution is 5.23. The normalized spacial score (nSPS) is 22.2. The summed E-state index contributed by atoms with van der Waals surface area (Å²) in [7, 11) is 0. The summed E-state index contributed by atoms with van der Waals surface area (Å²) in [6.07, 6.45) is 2.08.